The highest BCUT2D eigenvalue weighted by molar-refractivity contribution is 7.14. The molecule has 3 rings (SSSR count). The topological polar surface area (TPSA) is 51.2 Å². The molecule has 0 radical (unpaired) electrons. The van der Waals surface area contributed by atoms with E-state index in [1.165, 1.54) is 16.9 Å². The van der Waals surface area contributed by atoms with Gasteiger partial charge in [-0.3, -0.25) is 10.1 Å². The lowest BCUT2D eigenvalue weighted by Gasteiger charge is -2.18. The molecular weight excluding hydrogens is 380 g/mol. The first-order valence-electron chi connectivity index (χ1n) is 9.97. The zero-order valence-corrected chi connectivity index (χ0v) is 18.3. The van der Waals surface area contributed by atoms with E-state index < -0.39 is 0 Å². The number of carbonyl (C=O) groups is 1. The van der Waals surface area contributed by atoms with E-state index in [1.54, 1.807) is 12.1 Å². The smallest absolute Gasteiger partial charge is 0.257 e. The zero-order chi connectivity index (χ0) is 20.9. The third-order valence-corrected chi connectivity index (χ3v) is 5.41. The van der Waals surface area contributed by atoms with E-state index in [9.17, 15) is 4.79 Å². The Morgan fingerprint density at radius 3 is 2.38 bits per heavy atom. The lowest BCUT2D eigenvalue weighted by Crippen LogP contribution is -2.11. The maximum Gasteiger partial charge on any atom is 0.257 e. The maximum atomic E-state index is 12.5. The summed E-state index contributed by atoms with van der Waals surface area (Å²) in [5.41, 5.74) is 3.90. The van der Waals surface area contributed by atoms with Crippen LogP contribution in [0.5, 0.6) is 5.75 Å². The van der Waals surface area contributed by atoms with Crippen LogP contribution in [-0.2, 0) is 5.41 Å². The molecule has 1 N–H and O–H groups in total. The summed E-state index contributed by atoms with van der Waals surface area (Å²) in [7, 11) is 0. The van der Waals surface area contributed by atoms with Gasteiger partial charge in [0.15, 0.2) is 5.13 Å². The summed E-state index contributed by atoms with van der Waals surface area (Å²) in [4.78, 5) is 17.1. The normalized spacial score (nSPS) is 11.3. The third-order valence-electron chi connectivity index (χ3n) is 4.65. The number of amides is 1. The molecule has 0 aliphatic rings. The first kappa shape index (κ1) is 21.1. The van der Waals surface area contributed by atoms with Crippen LogP contribution in [0.3, 0.4) is 0 Å². The number of aromatic nitrogens is 1. The SMILES string of the molecule is CCCCOc1ccc(C(=O)Nc2nc(-c3ccc(C(C)(C)C)cc3)cs2)cc1. The fourth-order valence-electron chi connectivity index (χ4n) is 2.81. The van der Waals surface area contributed by atoms with Gasteiger partial charge in [0.05, 0.1) is 12.3 Å². The molecule has 0 aliphatic heterocycles. The number of hydrogen-bond donors (Lipinski definition) is 1. The van der Waals surface area contributed by atoms with Gasteiger partial charge in [0.2, 0.25) is 0 Å². The van der Waals surface area contributed by atoms with Gasteiger partial charge in [0.1, 0.15) is 5.75 Å². The highest BCUT2D eigenvalue weighted by Gasteiger charge is 2.14. The predicted molar refractivity (Wildman–Crippen MR) is 121 cm³/mol. The summed E-state index contributed by atoms with van der Waals surface area (Å²) < 4.78 is 5.64. The Bertz CT molecular complexity index is 938. The molecule has 29 heavy (non-hydrogen) atoms. The lowest BCUT2D eigenvalue weighted by atomic mass is 9.86. The van der Waals surface area contributed by atoms with Gasteiger partial charge in [-0.15, -0.1) is 11.3 Å². The number of nitrogens with zero attached hydrogens (tertiary/aromatic N) is 1. The first-order chi connectivity index (χ1) is 13.9. The number of hydrogen-bond acceptors (Lipinski definition) is 4. The van der Waals surface area contributed by atoms with Gasteiger partial charge in [0.25, 0.3) is 5.91 Å². The minimum Gasteiger partial charge on any atom is -0.494 e. The monoisotopic (exact) mass is 408 g/mol. The van der Waals surface area contributed by atoms with E-state index in [4.69, 9.17) is 4.74 Å². The van der Waals surface area contributed by atoms with E-state index in [0.29, 0.717) is 17.3 Å². The van der Waals surface area contributed by atoms with E-state index in [0.717, 1.165) is 29.8 Å². The molecule has 5 heteroatoms. The Morgan fingerprint density at radius 1 is 1.07 bits per heavy atom. The molecule has 0 unspecified atom stereocenters. The predicted octanol–water partition coefficient (Wildman–Crippen LogP) is 6.54. The number of nitrogens with one attached hydrogen (secondary N) is 1. The molecule has 4 nitrogen and oxygen atoms in total. The molecule has 1 heterocycles. The largest absolute Gasteiger partial charge is 0.494 e. The van der Waals surface area contributed by atoms with E-state index in [1.807, 2.05) is 17.5 Å². The molecule has 0 fully saturated rings. The zero-order valence-electron chi connectivity index (χ0n) is 17.5. The molecular formula is C24H28N2O2S. The van der Waals surface area contributed by atoms with Crippen LogP contribution >= 0.6 is 11.3 Å². The van der Waals surface area contributed by atoms with Crippen molar-refractivity contribution in [2.45, 2.75) is 46.0 Å². The molecule has 0 spiro atoms. The summed E-state index contributed by atoms with van der Waals surface area (Å²) in [5, 5.41) is 5.44. The Morgan fingerprint density at radius 2 is 1.76 bits per heavy atom. The van der Waals surface area contributed by atoms with Crippen molar-refractivity contribution in [3.05, 3.63) is 65.0 Å². The van der Waals surface area contributed by atoms with Crippen molar-refractivity contribution in [3.63, 3.8) is 0 Å². The second-order valence-corrected chi connectivity index (χ2v) is 8.90. The first-order valence-corrected chi connectivity index (χ1v) is 10.9. The summed E-state index contributed by atoms with van der Waals surface area (Å²) >= 11 is 1.43. The van der Waals surface area contributed by atoms with Crippen LogP contribution in [0.15, 0.2) is 53.9 Å². The van der Waals surface area contributed by atoms with Crippen LogP contribution in [0, 0.1) is 0 Å². The number of unbranched alkanes of at least 4 members (excludes halogenated alkanes) is 1. The van der Waals surface area contributed by atoms with Crippen molar-refractivity contribution >= 4 is 22.4 Å². The fraction of sp³-hybridized carbons (Fsp3) is 0.333. The summed E-state index contributed by atoms with van der Waals surface area (Å²) in [6, 6.07) is 15.6. The van der Waals surface area contributed by atoms with Crippen molar-refractivity contribution in [1.82, 2.24) is 4.98 Å². The molecule has 0 aliphatic carbocycles. The molecule has 2 aromatic carbocycles. The van der Waals surface area contributed by atoms with E-state index in [2.05, 4.69) is 62.3 Å². The second kappa shape index (κ2) is 9.23. The highest BCUT2D eigenvalue weighted by atomic mass is 32.1. The molecule has 0 atom stereocenters. The van der Waals surface area contributed by atoms with Gasteiger partial charge in [-0.25, -0.2) is 4.98 Å². The van der Waals surface area contributed by atoms with Gasteiger partial charge in [-0.1, -0.05) is 58.4 Å². The van der Waals surface area contributed by atoms with Crippen molar-refractivity contribution in [2.24, 2.45) is 0 Å². The Kier molecular flexibility index (Phi) is 6.70. The Balaban J connectivity index is 1.63. The van der Waals surface area contributed by atoms with Crippen LogP contribution < -0.4 is 10.1 Å². The van der Waals surface area contributed by atoms with Crippen molar-refractivity contribution in [3.8, 4) is 17.0 Å². The second-order valence-electron chi connectivity index (χ2n) is 8.05. The maximum absolute atomic E-state index is 12.5. The summed E-state index contributed by atoms with van der Waals surface area (Å²) in [6.45, 7) is 9.41. The number of thiazole rings is 1. The lowest BCUT2D eigenvalue weighted by molar-refractivity contribution is 0.102. The van der Waals surface area contributed by atoms with Crippen molar-refractivity contribution in [1.29, 1.82) is 0 Å². The number of ether oxygens (including phenoxy) is 1. The van der Waals surface area contributed by atoms with Crippen LogP contribution in [-0.4, -0.2) is 17.5 Å². The van der Waals surface area contributed by atoms with Gasteiger partial charge in [-0.2, -0.15) is 0 Å². The Hall–Kier alpha value is -2.66. The molecule has 0 saturated carbocycles. The number of anilines is 1. The highest BCUT2D eigenvalue weighted by Crippen LogP contribution is 2.28. The third kappa shape index (κ3) is 5.67. The number of rotatable bonds is 7. The van der Waals surface area contributed by atoms with Gasteiger partial charge in [-0.05, 0) is 41.7 Å². The van der Waals surface area contributed by atoms with Gasteiger partial charge >= 0.3 is 0 Å². The van der Waals surface area contributed by atoms with Crippen LogP contribution in [0.1, 0.15) is 56.5 Å². The average Bonchev–Trinajstić information content (AvgIpc) is 3.16. The quantitative estimate of drug-likeness (QED) is 0.452. The average molecular weight is 409 g/mol. The minimum absolute atomic E-state index is 0.121. The standard InChI is InChI=1S/C24H28N2O2S/c1-5-6-15-28-20-13-9-18(10-14-20)22(27)26-23-25-21(16-29-23)17-7-11-19(12-8-17)24(2,3)4/h7-14,16H,5-6,15H2,1-4H3,(H,25,26,27). The van der Waals surface area contributed by atoms with Gasteiger partial charge < -0.3 is 4.74 Å². The van der Waals surface area contributed by atoms with Crippen LogP contribution in [0.4, 0.5) is 5.13 Å². The molecule has 1 aromatic heterocycles. The molecule has 152 valence electrons. The van der Waals surface area contributed by atoms with Crippen LogP contribution in [0.2, 0.25) is 0 Å². The summed E-state index contributed by atoms with van der Waals surface area (Å²) in [6.07, 6.45) is 2.12. The van der Waals surface area contributed by atoms with Crippen molar-refractivity contribution < 1.29 is 9.53 Å². The van der Waals surface area contributed by atoms with E-state index >= 15 is 0 Å². The fourth-order valence-corrected chi connectivity index (χ4v) is 3.53. The van der Waals surface area contributed by atoms with Crippen molar-refractivity contribution in [2.75, 3.05) is 11.9 Å². The molecule has 3 aromatic rings. The Labute approximate surface area is 177 Å². The van der Waals surface area contributed by atoms with Crippen LogP contribution in [0.25, 0.3) is 11.3 Å². The summed E-state index contributed by atoms with van der Waals surface area (Å²) in [5.74, 6) is 0.610. The minimum atomic E-state index is -0.172. The molecule has 0 saturated heterocycles. The molecule has 0 bridgehead atoms. The number of carbonyl (C=O) groups excluding carboxylic acids is 1. The number of benzene rings is 2. The van der Waals surface area contributed by atoms with E-state index in [-0.39, 0.29) is 11.3 Å². The molecule has 1 amide bonds. The van der Waals surface area contributed by atoms with Gasteiger partial charge in [0, 0.05) is 16.5 Å².